The zero-order chi connectivity index (χ0) is 12.5. The summed E-state index contributed by atoms with van der Waals surface area (Å²) in [5, 5.41) is 0. The minimum atomic E-state index is 0.255. The molecule has 2 aromatic heterocycles. The van der Waals surface area contributed by atoms with Gasteiger partial charge >= 0.3 is 0 Å². The van der Waals surface area contributed by atoms with Gasteiger partial charge in [-0.15, -0.1) is 11.3 Å². The third kappa shape index (κ3) is 2.42. The lowest BCUT2D eigenvalue weighted by molar-refractivity contribution is 0.539. The molecule has 0 aliphatic heterocycles. The van der Waals surface area contributed by atoms with Gasteiger partial charge in [0.1, 0.15) is 0 Å². The maximum absolute atomic E-state index is 6.15. The SMILES string of the molecule is NC1CCCc2c1ccn2CCc1ccc(Br)s1. The molecule has 0 fully saturated rings. The van der Waals surface area contributed by atoms with Gasteiger partial charge in [-0.2, -0.15) is 0 Å². The third-order valence-electron chi connectivity index (χ3n) is 3.67. The summed E-state index contributed by atoms with van der Waals surface area (Å²) < 4.78 is 3.61. The fourth-order valence-electron chi connectivity index (χ4n) is 2.72. The Morgan fingerprint density at radius 3 is 3.06 bits per heavy atom. The first-order chi connectivity index (χ1) is 8.74. The van der Waals surface area contributed by atoms with Crippen LogP contribution in [0.1, 0.15) is 35.0 Å². The molecule has 2 nitrogen and oxygen atoms in total. The lowest BCUT2D eigenvalue weighted by Crippen LogP contribution is -2.18. The van der Waals surface area contributed by atoms with Crippen LogP contribution < -0.4 is 5.73 Å². The number of fused-ring (bicyclic) bond motifs is 1. The van der Waals surface area contributed by atoms with Crippen molar-refractivity contribution < 1.29 is 0 Å². The highest BCUT2D eigenvalue weighted by Gasteiger charge is 2.19. The molecule has 0 bridgehead atoms. The molecule has 2 heterocycles. The first-order valence-corrected chi connectivity index (χ1v) is 8.02. The average molecular weight is 325 g/mol. The number of hydrogen-bond donors (Lipinski definition) is 1. The van der Waals surface area contributed by atoms with Gasteiger partial charge < -0.3 is 10.3 Å². The van der Waals surface area contributed by atoms with Crippen LogP contribution in [0.3, 0.4) is 0 Å². The Morgan fingerprint density at radius 1 is 1.39 bits per heavy atom. The number of hydrogen-bond acceptors (Lipinski definition) is 2. The van der Waals surface area contributed by atoms with Crippen molar-refractivity contribution in [2.45, 2.75) is 38.3 Å². The van der Waals surface area contributed by atoms with Crippen molar-refractivity contribution in [3.8, 4) is 0 Å². The topological polar surface area (TPSA) is 30.9 Å². The number of aromatic nitrogens is 1. The Kier molecular flexibility index (Phi) is 3.59. The summed E-state index contributed by atoms with van der Waals surface area (Å²) in [7, 11) is 0. The maximum atomic E-state index is 6.15. The van der Waals surface area contributed by atoms with Crippen LogP contribution in [0.2, 0.25) is 0 Å². The Bertz CT molecular complexity index is 544. The van der Waals surface area contributed by atoms with Crippen molar-refractivity contribution in [2.75, 3.05) is 0 Å². The summed E-state index contributed by atoms with van der Waals surface area (Å²) in [6, 6.07) is 6.80. The molecule has 1 aliphatic rings. The second-order valence-corrected chi connectivity index (χ2v) is 7.41. The molecule has 4 heteroatoms. The van der Waals surface area contributed by atoms with Gasteiger partial charge in [0.25, 0.3) is 0 Å². The fraction of sp³-hybridized carbons (Fsp3) is 0.429. The minimum absolute atomic E-state index is 0.255. The van der Waals surface area contributed by atoms with E-state index in [1.165, 1.54) is 32.8 Å². The van der Waals surface area contributed by atoms with E-state index in [1.54, 1.807) is 0 Å². The van der Waals surface area contributed by atoms with E-state index in [2.05, 4.69) is 44.9 Å². The third-order valence-corrected chi connectivity index (χ3v) is 5.35. The van der Waals surface area contributed by atoms with Gasteiger partial charge in [0.05, 0.1) is 3.79 Å². The predicted molar refractivity (Wildman–Crippen MR) is 80.0 cm³/mol. The van der Waals surface area contributed by atoms with Crippen molar-refractivity contribution in [1.29, 1.82) is 0 Å². The molecule has 96 valence electrons. The van der Waals surface area contributed by atoms with Crippen LogP contribution in [0.15, 0.2) is 28.2 Å². The predicted octanol–water partition coefficient (Wildman–Crippen LogP) is 3.89. The average Bonchev–Trinajstić information content (AvgIpc) is 2.94. The number of aryl methyl sites for hydroxylation is 2. The molecular formula is C14H17BrN2S. The van der Waals surface area contributed by atoms with E-state index in [9.17, 15) is 0 Å². The van der Waals surface area contributed by atoms with Gasteiger partial charge in [0.2, 0.25) is 0 Å². The highest BCUT2D eigenvalue weighted by molar-refractivity contribution is 9.11. The molecule has 2 aromatic rings. The number of halogens is 1. The van der Waals surface area contributed by atoms with Gasteiger partial charge in [0, 0.05) is 29.4 Å². The van der Waals surface area contributed by atoms with Crippen LogP contribution >= 0.6 is 27.3 Å². The molecule has 0 amide bonds. The second-order valence-electron chi connectivity index (χ2n) is 4.87. The van der Waals surface area contributed by atoms with Gasteiger partial charge in [0.15, 0.2) is 0 Å². The molecule has 0 saturated heterocycles. The van der Waals surface area contributed by atoms with E-state index in [4.69, 9.17) is 5.73 Å². The Labute approximate surface area is 120 Å². The number of thiophene rings is 1. The zero-order valence-electron chi connectivity index (χ0n) is 10.2. The van der Waals surface area contributed by atoms with Gasteiger partial charge in [-0.25, -0.2) is 0 Å². The molecule has 1 atom stereocenters. The normalized spacial score (nSPS) is 18.9. The van der Waals surface area contributed by atoms with E-state index >= 15 is 0 Å². The summed E-state index contributed by atoms with van der Waals surface area (Å²) in [6.45, 7) is 1.06. The molecule has 0 aromatic carbocycles. The maximum Gasteiger partial charge on any atom is 0.0701 e. The Balaban J connectivity index is 1.73. The lowest BCUT2D eigenvalue weighted by atomic mass is 9.94. The summed E-state index contributed by atoms with van der Waals surface area (Å²) in [6.07, 6.45) is 6.85. The smallest absolute Gasteiger partial charge is 0.0701 e. The zero-order valence-corrected chi connectivity index (χ0v) is 12.6. The van der Waals surface area contributed by atoms with Crippen molar-refractivity contribution in [3.05, 3.63) is 44.3 Å². The molecule has 18 heavy (non-hydrogen) atoms. The van der Waals surface area contributed by atoms with Crippen molar-refractivity contribution in [2.24, 2.45) is 5.73 Å². The molecule has 3 rings (SSSR count). The van der Waals surface area contributed by atoms with Crippen LogP contribution in [0, 0.1) is 0 Å². The number of nitrogens with zero attached hydrogens (tertiary/aromatic N) is 1. The van der Waals surface area contributed by atoms with Crippen molar-refractivity contribution in [1.82, 2.24) is 4.57 Å². The standard InChI is InChI=1S/C14H17BrN2S/c15-14-5-4-10(18-14)6-8-17-9-7-11-12(16)2-1-3-13(11)17/h4-5,7,9,12H,1-3,6,8,16H2. The number of nitrogens with two attached hydrogens (primary N) is 1. The van der Waals surface area contributed by atoms with Gasteiger partial charge in [-0.1, -0.05) is 0 Å². The molecular weight excluding hydrogens is 308 g/mol. The molecule has 0 spiro atoms. The number of rotatable bonds is 3. The van der Waals surface area contributed by atoms with Crippen LogP contribution in [0.4, 0.5) is 0 Å². The molecule has 1 unspecified atom stereocenters. The molecule has 0 radical (unpaired) electrons. The summed E-state index contributed by atoms with van der Waals surface area (Å²) >= 11 is 5.34. The van der Waals surface area contributed by atoms with E-state index < -0.39 is 0 Å². The van der Waals surface area contributed by atoms with Gasteiger partial charge in [-0.05, 0) is 65.4 Å². The minimum Gasteiger partial charge on any atom is -0.351 e. The largest absolute Gasteiger partial charge is 0.351 e. The fourth-order valence-corrected chi connectivity index (χ4v) is 4.19. The molecule has 1 aliphatic carbocycles. The van der Waals surface area contributed by atoms with Crippen LogP contribution in [-0.4, -0.2) is 4.57 Å². The first kappa shape index (κ1) is 12.5. The van der Waals surface area contributed by atoms with E-state index in [1.807, 2.05) is 11.3 Å². The van der Waals surface area contributed by atoms with Crippen LogP contribution in [0.25, 0.3) is 0 Å². The van der Waals surface area contributed by atoms with E-state index in [0.29, 0.717) is 0 Å². The Hall–Kier alpha value is -0.580. The molecule has 0 saturated carbocycles. The Morgan fingerprint density at radius 2 is 2.28 bits per heavy atom. The highest BCUT2D eigenvalue weighted by Crippen LogP contribution is 2.29. The molecule has 2 N–H and O–H groups in total. The monoisotopic (exact) mass is 324 g/mol. The first-order valence-electron chi connectivity index (χ1n) is 6.42. The van der Waals surface area contributed by atoms with Crippen molar-refractivity contribution >= 4 is 27.3 Å². The highest BCUT2D eigenvalue weighted by atomic mass is 79.9. The van der Waals surface area contributed by atoms with Gasteiger partial charge in [-0.3, -0.25) is 0 Å². The summed E-state index contributed by atoms with van der Waals surface area (Å²) in [5.74, 6) is 0. The van der Waals surface area contributed by atoms with Crippen LogP contribution in [0.5, 0.6) is 0 Å². The quantitative estimate of drug-likeness (QED) is 0.912. The summed E-state index contributed by atoms with van der Waals surface area (Å²) in [5.41, 5.74) is 8.98. The summed E-state index contributed by atoms with van der Waals surface area (Å²) in [4.78, 5) is 1.43. The van der Waals surface area contributed by atoms with Crippen LogP contribution in [-0.2, 0) is 19.4 Å². The van der Waals surface area contributed by atoms with E-state index in [0.717, 1.165) is 19.4 Å². The second kappa shape index (κ2) is 5.19. The van der Waals surface area contributed by atoms with E-state index in [-0.39, 0.29) is 6.04 Å². The van der Waals surface area contributed by atoms with Crippen molar-refractivity contribution in [3.63, 3.8) is 0 Å². The lowest BCUT2D eigenvalue weighted by Gasteiger charge is -2.20.